The molecular weight excluding hydrogens is 432 g/mol. The minimum absolute atomic E-state index is 0.0990. The van der Waals surface area contributed by atoms with Crippen LogP contribution in [-0.2, 0) is 11.3 Å². The summed E-state index contributed by atoms with van der Waals surface area (Å²) in [4.78, 5) is 25.0. The predicted octanol–water partition coefficient (Wildman–Crippen LogP) is 3.62. The van der Waals surface area contributed by atoms with Gasteiger partial charge in [0, 0.05) is 29.2 Å². The lowest BCUT2D eigenvalue weighted by Crippen LogP contribution is -2.52. The molecule has 1 heterocycles. The van der Waals surface area contributed by atoms with E-state index in [0.717, 1.165) is 24.0 Å². The summed E-state index contributed by atoms with van der Waals surface area (Å²) in [6.07, 6.45) is 3.04. The van der Waals surface area contributed by atoms with Gasteiger partial charge in [-0.25, -0.2) is 4.98 Å². The number of halogens is 1. The lowest BCUT2D eigenvalue weighted by molar-refractivity contribution is -0.122. The molecule has 0 atom stereocenters. The van der Waals surface area contributed by atoms with Gasteiger partial charge in [0.25, 0.3) is 12.4 Å². The molecule has 2 aromatic carbocycles. The molecule has 3 aromatic rings. The molecule has 1 amide bonds. The number of carbonyl (C=O) groups excluding carboxylic acids is 1. The number of nitrogens with one attached hydrogen (secondary N) is 2. The molecule has 0 bridgehead atoms. The van der Waals surface area contributed by atoms with Crippen molar-refractivity contribution in [3.8, 4) is 17.5 Å². The average molecular weight is 453 g/mol. The Labute approximate surface area is 189 Å². The molecule has 1 aliphatic carbocycles. The predicted molar refractivity (Wildman–Crippen MR) is 118 cm³/mol. The van der Waals surface area contributed by atoms with Gasteiger partial charge in [0.2, 0.25) is 5.89 Å². The van der Waals surface area contributed by atoms with Gasteiger partial charge in [-0.05, 0) is 48.7 Å². The quantitative estimate of drug-likeness (QED) is 0.487. The minimum atomic E-state index is -0.250. The Morgan fingerprint density at radius 1 is 1.22 bits per heavy atom. The number of oxazole rings is 1. The number of carboxylic acid groups (broad SMARTS) is 1. The third-order valence-electron chi connectivity index (χ3n) is 5.02. The van der Waals surface area contributed by atoms with E-state index in [1.807, 2.05) is 24.3 Å². The number of aromatic nitrogens is 1. The molecule has 9 heteroatoms. The first-order chi connectivity index (χ1) is 15.5. The van der Waals surface area contributed by atoms with E-state index in [-0.39, 0.29) is 24.1 Å². The maximum Gasteiger partial charge on any atom is 0.290 e. The summed E-state index contributed by atoms with van der Waals surface area (Å²) in [6.45, 7) is 0.392. The van der Waals surface area contributed by atoms with Crippen molar-refractivity contribution < 1.29 is 19.1 Å². The maximum absolute atomic E-state index is 12.4. The van der Waals surface area contributed by atoms with Crippen LogP contribution in [0.25, 0.3) is 11.5 Å². The Morgan fingerprint density at radius 2 is 1.91 bits per heavy atom. The Balaban J connectivity index is 0.000000913. The van der Waals surface area contributed by atoms with Crippen molar-refractivity contribution in [2.24, 2.45) is 0 Å². The Hall–Kier alpha value is -3.67. The fourth-order valence-corrected chi connectivity index (χ4v) is 3.43. The number of nitriles is 1. The summed E-state index contributed by atoms with van der Waals surface area (Å²) < 4.78 is 5.42. The van der Waals surface area contributed by atoms with Crippen LogP contribution in [0.2, 0.25) is 5.02 Å². The standard InChI is InChI=1S/C22H19ClN4O2.CH2O2/c23-17-7-5-14(6-8-17)22-27-20(13-29-22)21(28)26-19-9-18(10-19)25-12-16-4-2-1-3-15(16)11-24;2-1-3/h1-8,13,18-19,25H,9-10,12H2,(H,26,28);1H,(H,2,3). The second-order valence-corrected chi connectivity index (χ2v) is 7.58. The summed E-state index contributed by atoms with van der Waals surface area (Å²) >= 11 is 5.88. The Bertz CT molecular complexity index is 1100. The highest BCUT2D eigenvalue weighted by Gasteiger charge is 2.30. The number of amides is 1. The summed E-state index contributed by atoms with van der Waals surface area (Å²) in [7, 11) is 0. The maximum atomic E-state index is 12.4. The number of carbonyl (C=O) groups is 2. The fraction of sp³-hybridized carbons (Fsp3) is 0.217. The highest BCUT2D eigenvalue weighted by Crippen LogP contribution is 2.23. The highest BCUT2D eigenvalue weighted by molar-refractivity contribution is 6.30. The van der Waals surface area contributed by atoms with E-state index in [1.165, 1.54) is 6.26 Å². The van der Waals surface area contributed by atoms with E-state index in [0.29, 0.717) is 29.1 Å². The lowest BCUT2D eigenvalue weighted by Gasteiger charge is -2.36. The van der Waals surface area contributed by atoms with Gasteiger partial charge in [-0.3, -0.25) is 9.59 Å². The molecule has 0 radical (unpaired) electrons. The SMILES string of the molecule is N#Cc1ccccc1CNC1CC(NC(=O)c2coc(-c3ccc(Cl)cc3)n2)C1.O=CO. The van der Waals surface area contributed by atoms with Crippen LogP contribution >= 0.6 is 11.6 Å². The van der Waals surface area contributed by atoms with Crippen molar-refractivity contribution in [2.45, 2.75) is 31.5 Å². The van der Waals surface area contributed by atoms with E-state index < -0.39 is 0 Å². The summed E-state index contributed by atoms with van der Waals surface area (Å²) in [6, 6.07) is 17.3. The molecule has 1 aromatic heterocycles. The van der Waals surface area contributed by atoms with Gasteiger partial charge in [-0.1, -0.05) is 29.8 Å². The van der Waals surface area contributed by atoms with Crippen LogP contribution in [0.15, 0.2) is 59.2 Å². The van der Waals surface area contributed by atoms with Crippen molar-refractivity contribution in [1.82, 2.24) is 15.6 Å². The monoisotopic (exact) mass is 452 g/mol. The number of benzene rings is 2. The largest absolute Gasteiger partial charge is 0.483 e. The van der Waals surface area contributed by atoms with Crippen LogP contribution < -0.4 is 10.6 Å². The van der Waals surface area contributed by atoms with Gasteiger partial charge in [0.05, 0.1) is 11.6 Å². The zero-order valence-corrected chi connectivity index (χ0v) is 17.7. The molecule has 0 spiro atoms. The molecule has 164 valence electrons. The molecular formula is C23H21ClN4O4. The van der Waals surface area contributed by atoms with Gasteiger partial charge in [-0.15, -0.1) is 0 Å². The molecule has 8 nitrogen and oxygen atoms in total. The molecule has 0 aliphatic heterocycles. The first-order valence-corrected chi connectivity index (χ1v) is 10.2. The van der Waals surface area contributed by atoms with Gasteiger partial charge < -0.3 is 20.2 Å². The van der Waals surface area contributed by atoms with E-state index >= 15 is 0 Å². The Kier molecular flexibility index (Phi) is 7.97. The molecule has 3 N–H and O–H groups in total. The average Bonchev–Trinajstić information content (AvgIpc) is 3.27. The molecule has 1 fully saturated rings. The third-order valence-corrected chi connectivity index (χ3v) is 5.27. The molecule has 1 aliphatic rings. The smallest absolute Gasteiger partial charge is 0.290 e. The van der Waals surface area contributed by atoms with Crippen LogP contribution in [0.4, 0.5) is 0 Å². The number of rotatable bonds is 6. The minimum Gasteiger partial charge on any atom is -0.483 e. The van der Waals surface area contributed by atoms with E-state index in [9.17, 15) is 4.79 Å². The normalized spacial score (nSPS) is 16.6. The summed E-state index contributed by atoms with van der Waals surface area (Å²) in [5.74, 6) is 0.142. The molecule has 4 rings (SSSR count). The topological polar surface area (TPSA) is 128 Å². The van der Waals surface area contributed by atoms with Crippen LogP contribution in [0.3, 0.4) is 0 Å². The van der Waals surface area contributed by atoms with E-state index in [1.54, 1.807) is 24.3 Å². The second kappa shape index (κ2) is 11.1. The van der Waals surface area contributed by atoms with Crippen LogP contribution in [0, 0.1) is 11.3 Å². The van der Waals surface area contributed by atoms with Gasteiger partial charge in [-0.2, -0.15) is 5.26 Å². The van der Waals surface area contributed by atoms with Gasteiger partial charge >= 0.3 is 0 Å². The second-order valence-electron chi connectivity index (χ2n) is 7.14. The van der Waals surface area contributed by atoms with E-state index in [4.69, 9.17) is 31.2 Å². The number of hydrogen-bond donors (Lipinski definition) is 3. The highest BCUT2D eigenvalue weighted by atomic mass is 35.5. The third kappa shape index (κ3) is 5.94. The number of nitrogens with zero attached hydrogens (tertiary/aromatic N) is 2. The summed E-state index contributed by atoms with van der Waals surface area (Å²) in [5, 5.41) is 23.1. The molecule has 32 heavy (non-hydrogen) atoms. The zero-order chi connectivity index (χ0) is 22.9. The van der Waals surface area contributed by atoms with Crippen LogP contribution in [0.5, 0.6) is 0 Å². The van der Waals surface area contributed by atoms with Crippen LogP contribution in [0.1, 0.15) is 34.5 Å². The lowest BCUT2D eigenvalue weighted by atomic mass is 9.86. The Morgan fingerprint density at radius 3 is 2.59 bits per heavy atom. The van der Waals surface area contributed by atoms with Gasteiger partial charge in [0.1, 0.15) is 6.26 Å². The van der Waals surface area contributed by atoms with Crippen molar-refractivity contribution >= 4 is 24.0 Å². The zero-order valence-electron chi connectivity index (χ0n) is 17.0. The van der Waals surface area contributed by atoms with Crippen LogP contribution in [-0.4, -0.2) is 34.6 Å². The van der Waals surface area contributed by atoms with Gasteiger partial charge in [0.15, 0.2) is 5.69 Å². The molecule has 0 unspecified atom stereocenters. The first-order valence-electron chi connectivity index (χ1n) is 9.85. The van der Waals surface area contributed by atoms with Crippen molar-refractivity contribution in [3.05, 3.63) is 76.6 Å². The number of hydrogen-bond acceptors (Lipinski definition) is 6. The van der Waals surface area contributed by atoms with Crippen molar-refractivity contribution in [1.29, 1.82) is 5.26 Å². The summed E-state index contributed by atoms with van der Waals surface area (Å²) in [5.41, 5.74) is 2.69. The van der Waals surface area contributed by atoms with E-state index in [2.05, 4.69) is 21.7 Å². The van der Waals surface area contributed by atoms with Crippen molar-refractivity contribution in [2.75, 3.05) is 0 Å². The molecule has 1 saturated carbocycles. The molecule has 0 saturated heterocycles. The van der Waals surface area contributed by atoms with Crippen molar-refractivity contribution in [3.63, 3.8) is 0 Å². The fourth-order valence-electron chi connectivity index (χ4n) is 3.30. The first kappa shape index (κ1) is 23.0.